The molecule has 0 fully saturated rings. The van der Waals surface area contributed by atoms with Gasteiger partial charge >= 0.3 is 0 Å². The summed E-state index contributed by atoms with van der Waals surface area (Å²) < 4.78 is 5.34. The van der Waals surface area contributed by atoms with E-state index in [0.29, 0.717) is 12.1 Å². The van der Waals surface area contributed by atoms with E-state index in [4.69, 9.17) is 10.5 Å². The van der Waals surface area contributed by atoms with Crippen LogP contribution in [0.3, 0.4) is 0 Å². The molecule has 0 radical (unpaired) electrons. The molecule has 0 bridgehead atoms. The van der Waals surface area contributed by atoms with Crippen LogP contribution in [0.1, 0.15) is 55.8 Å². The summed E-state index contributed by atoms with van der Waals surface area (Å²) in [5.41, 5.74) is 6.50. The van der Waals surface area contributed by atoms with Crippen molar-refractivity contribution in [3.8, 4) is 0 Å². The van der Waals surface area contributed by atoms with Crippen molar-refractivity contribution in [2.45, 2.75) is 65.1 Å². The lowest BCUT2D eigenvalue weighted by Gasteiger charge is -2.39. The lowest BCUT2D eigenvalue weighted by Crippen LogP contribution is -2.46. The molecule has 21 heavy (non-hydrogen) atoms. The maximum Gasteiger partial charge on any atom is 0.0596 e. The third kappa shape index (κ3) is 5.06. The van der Waals surface area contributed by atoms with E-state index in [0.717, 1.165) is 32.4 Å². The van der Waals surface area contributed by atoms with Crippen molar-refractivity contribution in [2.24, 2.45) is 5.73 Å². The molecule has 2 N–H and O–H groups in total. The molecule has 0 aromatic carbocycles. The molecule has 2 unspecified atom stereocenters. The summed E-state index contributed by atoms with van der Waals surface area (Å²) in [5, 5.41) is 0. The normalized spacial score (nSPS) is 14.9. The molecule has 1 aromatic rings. The second kappa shape index (κ2) is 9.57. The molecule has 0 aliphatic rings. The third-order valence-electron chi connectivity index (χ3n) is 4.25. The SMILES string of the molecule is CCC(N)C(c1ccc(C)s1)N(CCOC)C(CC)CC. The predicted molar refractivity (Wildman–Crippen MR) is 93.0 cm³/mol. The molecule has 4 heteroatoms. The molecule has 0 spiro atoms. The van der Waals surface area contributed by atoms with Gasteiger partial charge in [-0.25, -0.2) is 0 Å². The molecular formula is C17H32N2OS. The van der Waals surface area contributed by atoms with E-state index in [2.05, 4.69) is 44.7 Å². The van der Waals surface area contributed by atoms with Crippen LogP contribution in [0, 0.1) is 6.92 Å². The van der Waals surface area contributed by atoms with Crippen LogP contribution in [-0.4, -0.2) is 37.2 Å². The average molecular weight is 313 g/mol. The lowest BCUT2D eigenvalue weighted by molar-refractivity contribution is 0.0686. The number of nitrogens with zero attached hydrogens (tertiary/aromatic N) is 1. The fraction of sp³-hybridized carbons (Fsp3) is 0.765. The summed E-state index contributed by atoms with van der Waals surface area (Å²) >= 11 is 1.88. The van der Waals surface area contributed by atoms with Gasteiger partial charge in [0.2, 0.25) is 0 Å². The Morgan fingerprint density at radius 3 is 2.29 bits per heavy atom. The number of hydrogen-bond acceptors (Lipinski definition) is 4. The lowest BCUT2D eigenvalue weighted by atomic mass is 9.99. The topological polar surface area (TPSA) is 38.5 Å². The van der Waals surface area contributed by atoms with Crippen molar-refractivity contribution in [1.82, 2.24) is 4.90 Å². The van der Waals surface area contributed by atoms with Gasteiger partial charge in [0.1, 0.15) is 0 Å². The Hall–Kier alpha value is -0.420. The van der Waals surface area contributed by atoms with Crippen molar-refractivity contribution in [2.75, 3.05) is 20.3 Å². The Morgan fingerprint density at radius 1 is 1.19 bits per heavy atom. The van der Waals surface area contributed by atoms with E-state index < -0.39 is 0 Å². The zero-order valence-corrected chi connectivity index (χ0v) is 15.1. The third-order valence-corrected chi connectivity index (χ3v) is 5.32. The monoisotopic (exact) mass is 312 g/mol. The molecule has 0 aliphatic heterocycles. The largest absolute Gasteiger partial charge is 0.383 e. The van der Waals surface area contributed by atoms with Crippen LogP contribution in [0.2, 0.25) is 0 Å². The zero-order valence-electron chi connectivity index (χ0n) is 14.3. The second-order valence-electron chi connectivity index (χ2n) is 5.67. The molecule has 0 amide bonds. The molecule has 3 nitrogen and oxygen atoms in total. The molecule has 1 heterocycles. The highest BCUT2D eigenvalue weighted by Gasteiger charge is 2.30. The van der Waals surface area contributed by atoms with Gasteiger partial charge in [0.05, 0.1) is 12.6 Å². The summed E-state index contributed by atoms with van der Waals surface area (Å²) in [6.07, 6.45) is 3.29. The fourth-order valence-corrected chi connectivity index (χ4v) is 4.03. The second-order valence-corrected chi connectivity index (χ2v) is 6.99. The first kappa shape index (κ1) is 18.6. The van der Waals surface area contributed by atoms with Crippen LogP contribution in [-0.2, 0) is 4.74 Å². The first-order chi connectivity index (χ1) is 10.1. The van der Waals surface area contributed by atoms with Crippen LogP contribution < -0.4 is 5.73 Å². The standard InChI is InChI=1S/C17H32N2OS/c1-6-14(7-2)19(11-12-20-5)17(15(18)8-3)16-10-9-13(4)21-16/h9-10,14-15,17H,6-8,11-12,18H2,1-5H3. The molecule has 0 saturated carbocycles. The number of hydrogen-bond donors (Lipinski definition) is 1. The number of aryl methyl sites for hydroxylation is 1. The maximum atomic E-state index is 6.50. The Balaban J connectivity index is 3.09. The van der Waals surface area contributed by atoms with E-state index in [1.54, 1.807) is 7.11 Å². The molecule has 2 atom stereocenters. The highest BCUT2D eigenvalue weighted by atomic mass is 32.1. The van der Waals surface area contributed by atoms with Gasteiger partial charge in [-0.1, -0.05) is 20.8 Å². The van der Waals surface area contributed by atoms with E-state index in [1.165, 1.54) is 9.75 Å². The Bertz CT molecular complexity index is 390. The summed E-state index contributed by atoms with van der Waals surface area (Å²) in [4.78, 5) is 5.32. The maximum absolute atomic E-state index is 6.50. The van der Waals surface area contributed by atoms with Crippen molar-refractivity contribution in [3.63, 3.8) is 0 Å². The van der Waals surface area contributed by atoms with Crippen LogP contribution in [0.4, 0.5) is 0 Å². The highest BCUT2D eigenvalue weighted by Crippen LogP contribution is 2.33. The van der Waals surface area contributed by atoms with Gasteiger partial charge in [-0.15, -0.1) is 11.3 Å². The quantitative estimate of drug-likeness (QED) is 0.710. The van der Waals surface area contributed by atoms with Gasteiger partial charge < -0.3 is 10.5 Å². The van der Waals surface area contributed by atoms with Crippen molar-refractivity contribution >= 4 is 11.3 Å². The molecular weight excluding hydrogens is 280 g/mol. The zero-order chi connectivity index (χ0) is 15.8. The van der Waals surface area contributed by atoms with Gasteiger partial charge in [-0.3, -0.25) is 4.90 Å². The smallest absolute Gasteiger partial charge is 0.0596 e. The fourth-order valence-electron chi connectivity index (χ4n) is 2.96. The van der Waals surface area contributed by atoms with Crippen molar-refractivity contribution in [1.29, 1.82) is 0 Å². The number of thiophene rings is 1. The number of rotatable bonds is 10. The van der Waals surface area contributed by atoms with Crippen LogP contribution in [0.5, 0.6) is 0 Å². The molecule has 0 saturated heterocycles. The minimum absolute atomic E-state index is 0.167. The number of methoxy groups -OCH3 is 1. The van der Waals surface area contributed by atoms with Gasteiger partial charge in [-0.05, 0) is 38.3 Å². The minimum Gasteiger partial charge on any atom is -0.383 e. The first-order valence-corrected chi connectivity index (χ1v) is 8.97. The minimum atomic E-state index is 0.167. The van der Waals surface area contributed by atoms with Gasteiger partial charge in [0.15, 0.2) is 0 Å². The molecule has 1 aromatic heterocycles. The summed E-state index contributed by atoms with van der Waals surface area (Å²) in [6, 6.07) is 5.48. The molecule has 1 rings (SSSR count). The highest BCUT2D eigenvalue weighted by molar-refractivity contribution is 7.12. The predicted octanol–water partition coefficient (Wildman–Crippen LogP) is 3.97. The van der Waals surface area contributed by atoms with Gasteiger partial charge in [-0.2, -0.15) is 0 Å². The summed E-state index contributed by atoms with van der Waals surface area (Å²) in [5.74, 6) is 0. The van der Waals surface area contributed by atoms with Crippen molar-refractivity contribution in [3.05, 3.63) is 21.9 Å². The van der Waals surface area contributed by atoms with Crippen LogP contribution >= 0.6 is 11.3 Å². The number of ether oxygens (including phenoxy) is 1. The summed E-state index contributed by atoms with van der Waals surface area (Å²) in [6.45, 7) is 10.6. The first-order valence-electron chi connectivity index (χ1n) is 8.15. The Kier molecular flexibility index (Phi) is 8.49. The van der Waals surface area contributed by atoms with Gasteiger partial charge in [0, 0.05) is 35.5 Å². The van der Waals surface area contributed by atoms with Crippen LogP contribution in [0.25, 0.3) is 0 Å². The Morgan fingerprint density at radius 2 is 1.86 bits per heavy atom. The van der Waals surface area contributed by atoms with E-state index in [1.807, 2.05) is 11.3 Å². The van der Waals surface area contributed by atoms with E-state index >= 15 is 0 Å². The molecule has 0 aliphatic carbocycles. The summed E-state index contributed by atoms with van der Waals surface area (Å²) in [7, 11) is 1.77. The number of nitrogens with two attached hydrogens (primary N) is 1. The van der Waals surface area contributed by atoms with Gasteiger partial charge in [0.25, 0.3) is 0 Å². The average Bonchev–Trinajstić information content (AvgIpc) is 2.91. The van der Waals surface area contributed by atoms with E-state index in [9.17, 15) is 0 Å². The van der Waals surface area contributed by atoms with E-state index in [-0.39, 0.29) is 6.04 Å². The Labute approximate surface area is 134 Å². The molecule has 122 valence electrons. The van der Waals surface area contributed by atoms with Crippen molar-refractivity contribution < 1.29 is 4.74 Å². The van der Waals surface area contributed by atoms with Crippen LogP contribution in [0.15, 0.2) is 12.1 Å².